The van der Waals surface area contributed by atoms with Gasteiger partial charge in [-0.1, -0.05) is 18.2 Å². The van der Waals surface area contributed by atoms with Crippen LogP contribution in [0.1, 0.15) is 39.3 Å². The summed E-state index contributed by atoms with van der Waals surface area (Å²) >= 11 is 1.10. The van der Waals surface area contributed by atoms with Gasteiger partial charge in [-0.3, -0.25) is 24.0 Å². The van der Waals surface area contributed by atoms with Gasteiger partial charge in [0.1, 0.15) is 16.4 Å². The van der Waals surface area contributed by atoms with Gasteiger partial charge >= 0.3 is 6.55 Å². The van der Waals surface area contributed by atoms with Gasteiger partial charge in [0.25, 0.3) is 11.8 Å². The SMILES string of the molecule is CN1C(NC(=O)c2ccccc2)=N[C@](C)(c2nc(NC(=O)c3ccn(C(F)F)n3)cs2)CS1(O)O. The van der Waals surface area contributed by atoms with Crippen LogP contribution in [0.4, 0.5) is 14.6 Å². The minimum Gasteiger partial charge on any atom is -0.304 e. The molecule has 186 valence electrons. The molecule has 3 heterocycles. The predicted molar refractivity (Wildman–Crippen MR) is 128 cm³/mol. The Kier molecular flexibility index (Phi) is 6.59. The van der Waals surface area contributed by atoms with Crippen LogP contribution in [0.15, 0.2) is 53.0 Å². The van der Waals surface area contributed by atoms with Gasteiger partial charge < -0.3 is 5.32 Å². The number of hydrogen-bond acceptors (Lipinski definition) is 9. The molecule has 1 aliphatic rings. The average Bonchev–Trinajstić information content (AvgIpc) is 3.48. The number of aromatic nitrogens is 3. The first-order valence-corrected chi connectivity index (χ1v) is 12.6. The van der Waals surface area contributed by atoms with Crippen LogP contribution < -0.4 is 10.6 Å². The first-order valence-electron chi connectivity index (χ1n) is 10.1. The average molecular weight is 526 g/mol. The standard InChI is InChI=1S/C20H21F2N7O4S2/c1-20(17-24-14(10-34-17)23-16(31)13-8-9-29(27-13)18(21)22)11-35(32,33)28(2)19(26-20)25-15(30)12-6-4-3-5-7-12/h3-10,18,32-33H,11H2,1-2H3,(H,23,31)(H,25,26,30)/t20-/m0/s1. The summed E-state index contributed by atoms with van der Waals surface area (Å²) in [6.07, 6.45) is 0.983. The summed E-state index contributed by atoms with van der Waals surface area (Å²) in [5.41, 5.74) is -1.10. The zero-order valence-corrected chi connectivity index (χ0v) is 20.1. The Morgan fingerprint density at radius 3 is 2.54 bits per heavy atom. The molecule has 1 aromatic carbocycles. The van der Waals surface area contributed by atoms with Gasteiger partial charge in [0.15, 0.2) is 5.69 Å². The van der Waals surface area contributed by atoms with Crippen LogP contribution in [-0.4, -0.2) is 58.7 Å². The zero-order valence-electron chi connectivity index (χ0n) is 18.4. The number of guanidine groups is 1. The number of anilines is 1. The number of amides is 2. The summed E-state index contributed by atoms with van der Waals surface area (Å²) in [4.78, 5) is 33.9. The van der Waals surface area contributed by atoms with E-state index in [9.17, 15) is 27.5 Å². The lowest BCUT2D eigenvalue weighted by Crippen LogP contribution is -2.51. The molecule has 15 heteroatoms. The van der Waals surface area contributed by atoms with Crippen molar-refractivity contribution in [3.8, 4) is 0 Å². The second-order valence-corrected chi connectivity index (χ2v) is 10.7. The molecule has 3 aromatic rings. The molecule has 0 saturated carbocycles. The number of alkyl halides is 2. The molecule has 1 aliphatic heterocycles. The maximum Gasteiger partial charge on any atom is 0.333 e. The van der Waals surface area contributed by atoms with Crippen LogP contribution in [0.5, 0.6) is 0 Å². The number of nitrogens with zero attached hydrogens (tertiary/aromatic N) is 5. The minimum atomic E-state index is -3.37. The predicted octanol–water partition coefficient (Wildman–Crippen LogP) is 3.60. The number of thiazole rings is 1. The van der Waals surface area contributed by atoms with Crippen LogP contribution in [-0.2, 0) is 5.54 Å². The Morgan fingerprint density at radius 2 is 1.89 bits per heavy atom. The number of rotatable bonds is 5. The van der Waals surface area contributed by atoms with Crippen LogP contribution in [0, 0.1) is 0 Å². The quantitative estimate of drug-likeness (QED) is 0.398. The number of hydrogen-bond donors (Lipinski definition) is 4. The molecule has 2 aromatic heterocycles. The topological polar surface area (TPSA) is 145 Å². The van der Waals surface area contributed by atoms with Crippen LogP contribution in [0.25, 0.3) is 0 Å². The smallest absolute Gasteiger partial charge is 0.304 e. The zero-order chi connectivity index (χ0) is 25.4. The highest BCUT2D eigenvalue weighted by Gasteiger charge is 2.43. The van der Waals surface area contributed by atoms with Gasteiger partial charge in [-0.05, 0) is 25.1 Å². The molecular formula is C20H21F2N7O4S2. The molecule has 0 bridgehead atoms. The van der Waals surface area contributed by atoms with Gasteiger partial charge in [0.2, 0.25) is 5.96 Å². The van der Waals surface area contributed by atoms with E-state index in [2.05, 4.69) is 25.7 Å². The van der Waals surface area contributed by atoms with Crippen molar-refractivity contribution in [1.29, 1.82) is 0 Å². The third-order valence-electron chi connectivity index (χ3n) is 5.07. The molecular weight excluding hydrogens is 504 g/mol. The van der Waals surface area contributed by atoms with Gasteiger partial charge in [0, 0.05) is 24.2 Å². The summed E-state index contributed by atoms with van der Waals surface area (Å²) in [6.45, 7) is -1.25. The van der Waals surface area contributed by atoms with E-state index in [0.29, 0.717) is 15.3 Å². The van der Waals surface area contributed by atoms with Gasteiger partial charge in [-0.15, -0.1) is 22.1 Å². The lowest BCUT2D eigenvalue weighted by atomic mass is 10.1. The Morgan fingerprint density at radius 1 is 1.17 bits per heavy atom. The van der Waals surface area contributed by atoms with Crippen molar-refractivity contribution in [2.24, 2.45) is 4.99 Å². The van der Waals surface area contributed by atoms with E-state index >= 15 is 0 Å². The van der Waals surface area contributed by atoms with Crippen LogP contribution in [0.3, 0.4) is 0 Å². The number of benzene rings is 1. The van der Waals surface area contributed by atoms with Gasteiger partial charge in [0.05, 0.1) is 5.75 Å². The molecule has 2 amide bonds. The molecule has 0 saturated heterocycles. The van der Waals surface area contributed by atoms with E-state index in [1.54, 1.807) is 37.3 Å². The molecule has 11 nitrogen and oxygen atoms in total. The van der Waals surface area contributed by atoms with E-state index in [1.165, 1.54) is 12.4 Å². The Balaban J connectivity index is 1.57. The van der Waals surface area contributed by atoms with E-state index in [0.717, 1.165) is 27.9 Å². The fraction of sp³-hybridized carbons (Fsp3) is 0.250. The summed E-state index contributed by atoms with van der Waals surface area (Å²) in [6, 6.07) is 9.52. The Labute approximate surface area is 204 Å². The second-order valence-electron chi connectivity index (χ2n) is 7.75. The highest BCUT2D eigenvalue weighted by molar-refractivity contribution is 8.22. The fourth-order valence-corrected chi connectivity index (χ4v) is 5.72. The molecule has 0 unspecified atom stereocenters. The summed E-state index contributed by atoms with van der Waals surface area (Å²) < 4.78 is 48.3. The van der Waals surface area contributed by atoms with E-state index < -0.39 is 34.7 Å². The number of aliphatic imine (C=N–C) groups is 1. The van der Waals surface area contributed by atoms with Gasteiger partial charge in [-0.25, -0.2) is 19.0 Å². The largest absolute Gasteiger partial charge is 0.333 e. The maximum atomic E-state index is 12.7. The fourth-order valence-electron chi connectivity index (χ4n) is 3.25. The third kappa shape index (κ3) is 5.17. The number of halogens is 2. The van der Waals surface area contributed by atoms with E-state index in [4.69, 9.17) is 0 Å². The van der Waals surface area contributed by atoms with Crippen LogP contribution in [0.2, 0.25) is 0 Å². The first-order chi connectivity index (χ1) is 16.5. The monoisotopic (exact) mass is 525 g/mol. The highest BCUT2D eigenvalue weighted by Crippen LogP contribution is 2.52. The van der Waals surface area contributed by atoms with Crippen molar-refractivity contribution in [3.05, 3.63) is 64.2 Å². The Hall–Kier alpha value is -3.40. The third-order valence-corrected chi connectivity index (χ3v) is 8.17. The molecule has 4 N–H and O–H groups in total. The summed E-state index contributed by atoms with van der Waals surface area (Å²) in [5.74, 6) is -1.36. The molecule has 0 aliphatic carbocycles. The highest BCUT2D eigenvalue weighted by atomic mass is 32.3. The van der Waals surface area contributed by atoms with Crippen LogP contribution >= 0.6 is 22.1 Å². The van der Waals surface area contributed by atoms with E-state index in [-0.39, 0.29) is 23.2 Å². The molecule has 4 rings (SSSR count). The molecule has 1 atom stereocenters. The minimum absolute atomic E-state index is 0.0501. The van der Waals surface area contributed by atoms with E-state index in [1.807, 2.05) is 0 Å². The lowest BCUT2D eigenvalue weighted by Gasteiger charge is -2.49. The molecule has 0 radical (unpaired) electrons. The molecule has 35 heavy (non-hydrogen) atoms. The lowest BCUT2D eigenvalue weighted by molar-refractivity contribution is 0.0561. The number of carbonyl (C=O) groups excluding carboxylic acids is 2. The molecule has 0 spiro atoms. The van der Waals surface area contributed by atoms with Crippen molar-refractivity contribution in [1.82, 2.24) is 24.4 Å². The van der Waals surface area contributed by atoms with Crippen molar-refractivity contribution in [2.45, 2.75) is 19.0 Å². The van der Waals surface area contributed by atoms with Crippen molar-refractivity contribution < 1.29 is 27.5 Å². The van der Waals surface area contributed by atoms with Gasteiger partial charge in [-0.2, -0.15) is 13.9 Å². The van der Waals surface area contributed by atoms with Crippen molar-refractivity contribution in [2.75, 3.05) is 18.1 Å². The maximum absolute atomic E-state index is 12.7. The summed E-state index contributed by atoms with van der Waals surface area (Å²) in [7, 11) is -1.97. The van der Waals surface area contributed by atoms with Crippen molar-refractivity contribution in [3.63, 3.8) is 0 Å². The second kappa shape index (κ2) is 9.33. The summed E-state index contributed by atoms with van der Waals surface area (Å²) in [5, 5.41) is 10.4. The first kappa shape index (κ1) is 24.7. The number of nitrogens with one attached hydrogen (secondary N) is 2. The Bertz CT molecular complexity index is 1280. The normalized spacial score (nSPS) is 20.3. The number of carbonyl (C=O) groups is 2. The molecule has 0 fully saturated rings. The van der Waals surface area contributed by atoms with Crippen molar-refractivity contribution >= 4 is 45.7 Å².